The lowest BCUT2D eigenvalue weighted by Crippen LogP contribution is -2.20. The first-order chi connectivity index (χ1) is 38.9. The molecule has 0 saturated heterocycles. The van der Waals surface area contributed by atoms with Crippen LogP contribution >= 0.6 is 0 Å². The third kappa shape index (κ3) is 13.9. The van der Waals surface area contributed by atoms with Gasteiger partial charge in [-0.1, -0.05) is 0 Å². The summed E-state index contributed by atoms with van der Waals surface area (Å²) in [6, 6.07) is 25.3. The number of urea groups is 1. The van der Waals surface area contributed by atoms with Crippen LogP contribution in [0.15, 0.2) is 175 Å². The minimum Gasteiger partial charge on any atom is -0.322 e. The Morgan fingerprint density at radius 2 is 0.524 bits per heavy atom. The van der Waals surface area contributed by atoms with E-state index in [9.17, 15) is 102 Å². The van der Waals surface area contributed by atoms with Gasteiger partial charge in [0, 0.05) is 66.5 Å². The predicted octanol–water partition coefficient (Wildman–Crippen LogP) is 6.13. The third-order valence-electron chi connectivity index (χ3n) is 11.8. The molecule has 0 aliphatic carbocycles. The van der Waals surface area contributed by atoms with Gasteiger partial charge in [0.25, 0.3) is 84.3 Å². The lowest BCUT2D eigenvalue weighted by molar-refractivity contribution is 0.101. The second-order valence-electron chi connectivity index (χ2n) is 17.5. The molecule has 0 heterocycles. The maximum atomic E-state index is 13.3. The van der Waals surface area contributed by atoms with E-state index in [-0.39, 0.29) is 45.0 Å². The predicted molar refractivity (Wildman–Crippen MR) is 297 cm³/mol. The first-order valence-electron chi connectivity index (χ1n) is 22.8. The van der Waals surface area contributed by atoms with Gasteiger partial charge in [-0.25, -0.2) is 4.79 Å². The van der Waals surface area contributed by atoms with Crippen LogP contribution in [0, 0.1) is 0 Å². The molecule has 0 bridgehead atoms. The average Bonchev–Trinajstić information content (AvgIpc) is 1.55. The highest BCUT2D eigenvalue weighted by atomic mass is 32.2. The molecule has 0 radical (unpaired) electrons. The molecule has 436 valence electrons. The highest BCUT2D eigenvalue weighted by Crippen LogP contribution is 2.39. The second kappa shape index (κ2) is 22.6. The van der Waals surface area contributed by atoms with Crippen LogP contribution in [0.1, 0.15) is 41.4 Å². The Bertz CT molecular complexity index is 4530. The lowest BCUT2D eigenvalue weighted by atomic mass is 10.1. The van der Waals surface area contributed by atoms with Crippen LogP contribution in [0.4, 0.5) is 38.9 Å². The number of fused-ring (bicyclic) bond motifs is 2. The molecule has 12 N–H and O–H groups in total. The van der Waals surface area contributed by atoms with Crippen molar-refractivity contribution >= 4 is 146 Å². The van der Waals surface area contributed by atoms with Gasteiger partial charge in [-0.3, -0.25) is 46.5 Å². The third-order valence-corrected chi connectivity index (χ3v) is 17.1. The molecular formula is C49H36N6O23S6. The van der Waals surface area contributed by atoms with Crippen LogP contribution in [0.3, 0.4) is 0 Å². The summed E-state index contributed by atoms with van der Waals surface area (Å²) in [7, 11) is -31.6. The Labute approximate surface area is 474 Å². The van der Waals surface area contributed by atoms with Gasteiger partial charge in [-0.15, -0.1) is 0 Å². The number of carbonyl (C=O) groups excluding carboxylic acids is 5. The van der Waals surface area contributed by atoms with Crippen molar-refractivity contribution in [2.45, 2.75) is 29.4 Å². The molecule has 29 nitrogen and oxygen atoms in total. The van der Waals surface area contributed by atoms with Gasteiger partial charge >= 0.3 is 6.03 Å². The van der Waals surface area contributed by atoms with Crippen molar-refractivity contribution in [2.75, 3.05) is 31.9 Å². The molecule has 0 aliphatic rings. The van der Waals surface area contributed by atoms with Crippen LogP contribution < -0.4 is 31.9 Å². The Morgan fingerprint density at radius 1 is 0.274 bits per heavy atom. The monoisotopic (exact) mass is 1270 g/mol. The molecule has 0 aromatic heterocycles. The zero-order valence-corrected chi connectivity index (χ0v) is 46.3. The van der Waals surface area contributed by atoms with E-state index in [0.717, 1.165) is 12.1 Å². The van der Waals surface area contributed by atoms with Crippen molar-refractivity contribution in [3.05, 3.63) is 168 Å². The number of nitrogens with one attached hydrogen (secondary N) is 6. The van der Waals surface area contributed by atoms with E-state index >= 15 is 0 Å². The quantitative estimate of drug-likeness (QED) is 0.0484. The van der Waals surface area contributed by atoms with Gasteiger partial charge in [-0.2, -0.15) is 50.5 Å². The molecule has 0 atom stereocenters. The van der Waals surface area contributed by atoms with Gasteiger partial charge in [0.2, 0.25) is 0 Å². The highest BCUT2D eigenvalue weighted by molar-refractivity contribution is 7.88. The lowest BCUT2D eigenvalue weighted by Gasteiger charge is -2.15. The summed E-state index contributed by atoms with van der Waals surface area (Å²) < 4.78 is 204. The summed E-state index contributed by atoms with van der Waals surface area (Å²) in [5.41, 5.74) is -0.118. The van der Waals surface area contributed by atoms with Crippen LogP contribution in [0.25, 0.3) is 21.5 Å². The number of amides is 6. The maximum Gasteiger partial charge on any atom is 0.323 e. The molecule has 35 heteroatoms. The number of hydrogen-bond acceptors (Lipinski definition) is 17. The fraction of sp³-hybridized carbons (Fsp3) is 0. The van der Waals surface area contributed by atoms with E-state index in [1.165, 1.54) is 97.1 Å². The van der Waals surface area contributed by atoms with Gasteiger partial charge in [-0.05, 0) is 146 Å². The van der Waals surface area contributed by atoms with E-state index in [1.807, 2.05) is 0 Å². The number of hydrogen-bond donors (Lipinski definition) is 12. The summed E-state index contributed by atoms with van der Waals surface area (Å²) in [5, 5.41) is 11.8. The number of rotatable bonds is 16. The zero-order valence-electron chi connectivity index (χ0n) is 41.4. The first-order valence-corrected chi connectivity index (χ1v) is 31.4. The van der Waals surface area contributed by atoms with Crippen molar-refractivity contribution in [1.29, 1.82) is 0 Å². The van der Waals surface area contributed by atoms with E-state index in [1.54, 1.807) is 0 Å². The standard InChI is InChI=1S/C49H36N6O23S6/c56-45(50-29-9-1-27(2-10-29)47(58)54-37-17-19-39(81(67,68)69)35-21-33(79(61,62)63)23-41(43(35)37)83(73,74)75)25-5-13-31(14-6-25)52-49(60)53-32-15-7-26(8-16-32)46(57)51-30-11-3-28(4-12-30)48(59)55-38-18-20-40(82(70,71)72)36-22-34(80(64,65)66)24-42(44(36)38)84(76,77)78/h1-24H,(H,50,56)(H,51,57)(H,54,58)(H,55,59)(H2,52,53,60)(H,61,62,63)(H,64,65,66)(H,67,68,69)(H,70,71,72)(H,73,74,75)(H,76,77,78). The largest absolute Gasteiger partial charge is 0.323 e. The molecule has 8 aromatic rings. The van der Waals surface area contributed by atoms with E-state index in [0.29, 0.717) is 36.4 Å². The molecule has 6 amide bonds. The Hall–Kier alpha value is -9.11. The van der Waals surface area contributed by atoms with Crippen LogP contribution in [-0.4, -0.2) is 107 Å². The molecule has 0 saturated carbocycles. The van der Waals surface area contributed by atoms with Gasteiger partial charge < -0.3 is 31.9 Å². The molecule has 0 unspecified atom stereocenters. The number of anilines is 6. The molecule has 0 fully saturated rings. The topological polar surface area (TPSA) is 484 Å². The Kier molecular flexibility index (Phi) is 16.4. The SMILES string of the molecule is O=C(Nc1ccc(C(=O)Nc2ccc(C(=O)Nc3ccc(S(=O)(=O)O)c4cc(S(=O)(=O)O)cc(S(=O)(=O)O)c34)cc2)cc1)Nc1ccc(C(=O)Nc2ccc(C(=O)Nc3ccc(S(=O)(=O)O)c4cc(S(=O)(=O)O)cc(S(=O)(=O)O)c34)cc2)cc1. The van der Waals surface area contributed by atoms with Crippen LogP contribution in [0.5, 0.6) is 0 Å². The van der Waals surface area contributed by atoms with Crippen molar-refractivity contribution in [1.82, 2.24) is 0 Å². The van der Waals surface area contributed by atoms with E-state index in [2.05, 4.69) is 31.9 Å². The number of carbonyl (C=O) groups is 5. The van der Waals surface area contributed by atoms with E-state index in [4.69, 9.17) is 0 Å². The molecule has 0 aliphatic heterocycles. The Morgan fingerprint density at radius 3 is 0.774 bits per heavy atom. The van der Waals surface area contributed by atoms with Crippen molar-refractivity contribution < 1.29 is 102 Å². The maximum absolute atomic E-state index is 13.3. The molecule has 8 rings (SSSR count). The number of benzene rings is 8. The first kappa shape index (κ1) is 61.0. The minimum absolute atomic E-state index is 0.114. The van der Waals surface area contributed by atoms with Crippen molar-refractivity contribution in [3.8, 4) is 0 Å². The summed E-state index contributed by atoms with van der Waals surface area (Å²) in [6.07, 6.45) is 0. The summed E-state index contributed by atoms with van der Waals surface area (Å²) in [5.74, 6) is -3.18. The zero-order chi connectivity index (χ0) is 61.6. The summed E-state index contributed by atoms with van der Waals surface area (Å²) in [6.45, 7) is 0. The van der Waals surface area contributed by atoms with Crippen molar-refractivity contribution in [3.63, 3.8) is 0 Å². The smallest absolute Gasteiger partial charge is 0.322 e. The van der Waals surface area contributed by atoms with Gasteiger partial charge in [0.15, 0.2) is 0 Å². The molecular weight excluding hydrogens is 1230 g/mol. The molecule has 0 spiro atoms. The Balaban J connectivity index is 0.850. The fourth-order valence-electron chi connectivity index (χ4n) is 8.06. The minimum atomic E-state index is -5.40. The molecule has 8 aromatic carbocycles. The normalized spacial score (nSPS) is 12.3. The summed E-state index contributed by atoms with van der Waals surface area (Å²) >= 11 is 0. The van der Waals surface area contributed by atoms with Crippen LogP contribution in [0.2, 0.25) is 0 Å². The average molecular weight is 1270 g/mol. The van der Waals surface area contributed by atoms with Gasteiger partial charge in [0.05, 0.1) is 21.2 Å². The second-order valence-corrected chi connectivity index (χ2v) is 25.9. The summed E-state index contributed by atoms with van der Waals surface area (Å²) in [4.78, 5) is 58.8. The molecule has 84 heavy (non-hydrogen) atoms. The highest BCUT2D eigenvalue weighted by Gasteiger charge is 2.30. The van der Waals surface area contributed by atoms with Crippen molar-refractivity contribution in [2.24, 2.45) is 0 Å². The van der Waals surface area contributed by atoms with Crippen LogP contribution in [-0.2, 0) is 60.7 Å². The fourth-order valence-corrected chi connectivity index (χ4v) is 12.1. The van der Waals surface area contributed by atoms with E-state index < -0.39 is 153 Å². The van der Waals surface area contributed by atoms with Gasteiger partial charge in [0.1, 0.15) is 19.6 Å².